The SMILES string of the molecule is C=CCN(CC(F)(F)F)C(=O)c1cc2c(cc1F)NC(=O)CC2. The zero-order valence-electron chi connectivity index (χ0n) is 12.0. The summed E-state index contributed by atoms with van der Waals surface area (Å²) in [7, 11) is 0. The van der Waals surface area contributed by atoms with Gasteiger partial charge in [-0.1, -0.05) is 6.08 Å². The summed E-state index contributed by atoms with van der Waals surface area (Å²) in [6, 6.07) is 2.15. The Morgan fingerprint density at radius 1 is 1.35 bits per heavy atom. The van der Waals surface area contributed by atoms with Gasteiger partial charge in [0.15, 0.2) is 0 Å². The van der Waals surface area contributed by atoms with Gasteiger partial charge in [0.25, 0.3) is 5.91 Å². The number of anilines is 1. The average molecular weight is 330 g/mol. The van der Waals surface area contributed by atoms with Crippen molar-refractivity contribution in [2.75, 3.05) is 18.4 Å². The van der Waals surface area contributed by atoms with E-state index in [-0.39, 0.29) is 24.6 Å². The molecule has 0 aromatic heterocycles. The third kappa shape index (κ3) is 4.08. The number of amides is 2. The van der Waals surface area contributed by atoms with Gasteiger partial charge in [-0.2, -0.15) is 13.2 Å². The Labute approximate surface area is 129 Å². The molecule has 0 bridgehead atoms. The number of hydrogen-bond donors (Lipinski definition) is 1. The maximum atomic E-state index is 14.1. The normalized spacial score (nSPS) is 14.0. The second kappa shape index (κ2) is 6.39. The third-order valence-electron chi connectivity index (χ3n) is 3.33. The number of fused-ring (bicyclic) bond motifs is 1. The van der Waals surface area contributed by atoms with Crippen molar-refractivity contribution < 1.29 is 27.2 Å². The molecule has 0 unspecified atom stereocenters. The minimum absolute atomic E-state index is 0.172. The monoisotopic (exact) mass is 330 g/mol. The highest BCUT2D eigenvalue weighted by Gasteiger charge is 2.34. The molecule has 2 amide bonds. The van der Waals surface area contributed by atoms with Crippen molar-refractivity contribution in [1.82, 2.24) is 4.90 Å². The lowest BCUT2D eigenvalue weighted by molar-refractivity contribution is -0.139. The number of carbonyl (C=O) groups excluding carboxylic acids is 2. The van der Waals surface area contributed by atoms with E-state index in [9.17, 15) is 27.2 Å². The molecule has 1 heterocycles. The molecule has 1 aliphatic heterocycles. The van der Waals surface area contributed by atoms with Gasteiger partial charge in [0.1, 0.15) is 12.4 Å². The van der Waals surface area contributed by atoms with Crippen LogP contribution >= 0.6 is 0 Å². The van der Waals surface area contributed by atoms with Gasteiger partial charge in [-0.05, 0) is 24.1 Å². The fourth-order valence-electron chi connectivity index (χ4n) is 2.33. The molecule has 1 aromatic rings. The van der Waals surface area contributed by atoms with Crippen LogP contribution in [0.5, 0.6) is 0 Å². The second-order valence-electron chi connectivity index (χ2n) is 5.13. The lowest BCUT2D eigenvalue weighted by Crippen LogP contribution is -2.39. The van der Waals surface area contributed by atoms with Crippen LogP contribution in [-0.4, -0.2) is 36.0 Å². The summed E-state index contributed by atoms with van der Waals surface area (Å²) in [5.41, 5.74) is 0.298. The van der Waals surface area contributed by atoms with E-state index in [1.807, 2.05) is 0 Å². The van der Waals surface area contributed by atoms with E-state index in [1.165, 1.54) is 6.07 Å². The first-order chi connectivity index (χ1) is 10.7. The van der Waals surface area contributed by atoms with Gasteiger partial charge in [-0.3, -0.25) is 9.59 Å². The Morgan fingerprint density at radius 2 is 2.04 bits per heavy atom. The minimum Gasteiger partial charge on any atom is -0.326 e. The number of halogens is 4. The molecule has 124 valence electrons. The minimum atomic E-state index is -4.60. The number of rotatable bonds is 4. The molecule has 0 fully saturated rings. The largest absolute Gasteiger partial charge is 0.406 e. The molecule has 0 radical (unpaired) electrons. The predicted octanol–water partition coefficient (Wildman–Crippen LogP) is 2.90. The summed E-state index contributed by atoms with van der Waals surface area (Å²) in [4.78, 5) is 24.0. The maximum absolute atomic E-state index is 14.1. The van der Waals surface area contributed by atoms with E-state index in [1.54, 1.807) is 0 Å². The van der Waals surface area contributed by atoms with E-state index >= 15 is 0 Å². The van der Waals surface area contributed by atoms with Crippen molar-refractivity contribution in [1.29, 1.82) is 0 Å². The Kier molecular flexibility index (Phi) is 4.72. The summed E-state index contributed by atoms with van der Waals surface area (Å²) in [5, 5.41) is 2.46. The van der Waals surface area contributed by atoms with Crippen molar-refractivity contribution >= 4 is 17.5 Å². The first-order valence-electron chi connectivity index (χ1n) is 6.80. The zero-order valence-corrected chi connectivity index (χ0v) is 12.0. The number of benzene rings is 1. The fraction of sp³-hybridized carbons (Fsp3) is 0.333. The molecule has 1 aromatic carbocycles. The summed E-state index contributed by atoms with van der Waals surface area (Å²) in [5.74, 6) is -2.33. The highest BCUT2D eigenvalue weighted by Crippen LogP contribution is 2.27. The lowest BCUT2D eigenvalue weighted by Gasteiger charge is -2.24. The van der Waals surface area contributed by atoms with Crippen LogP contribution in [0.25, 0.3) is 0 Å². The molecule has 0 atom stereocenters. The summed E-state index contributed by atoms with van der Waals surface area (Å²) in [6.45, 7) is 1.45. The molecule has 0 aliphatic carbocycles. The van der Waals surface area contributed by atoms with Gasteiger partial charge in [0.2, 0.25) is 5.91 Å². The molecule has 1 N–H and O–H groups in total. The third-order valence-corrected chi connectivity index (χ3v) is 3.33. The Morgan fingerprint density at radius 3 is 2.65 bits per heavy atom. The quantitative estimate of drug-likeness (QED) is 0.682. The molecule has 8 heteroatoms. The molecular formula is C15H14F4N2O2. The van der Waals surface area contributed by atoms with Crippen LogP contribution in [0.4, 0.5) is 23.2 Å². The maximum Gasteiger partial charge on any atom is 0.406 e. The number of nitrogens with zero attached hydrogens (tertiary/aromatic N) is 1. The van der Waals surface area contributed by atoms with Crippen LogP contribution < -0.4 is 5.32 Å². The van der Waals surface area contributed by atoms with Crippen LogP contribution in [0.3, 0.4) is 0 Å². The van der Waals surface area contributed by atoms with E-state index < -0.39 is 30.0 Å². The Balaban J connectivity index is 2.33. The van der Waals surface area contributed by atoms with E-state index in [0.29, 0.717) is 16.9 Å². The first kappa shape index (κ1) is 17.0. The molecule has 1 aliphatic rings. The van der Waals surface area contributed by atoms with Gasteiger partial charge >= 0.3 is 6.18 Å². The van der Waals surface area contributed by atoms with Crippen molar-refractivity contribution in [2.24, 2.45) is 0 Å². The van der Waals surface area contributed by atoms with Crippen LogP contribution in [0, 0.1) is 5.82 Å². The number of hydrogen-bond acceptors (Lipinski definition) is 2. The number of aryl methyl sites for hydroxylation is 1. The molecule has 0 saturated carbocycles. The van der Waals surface area contributed by atoms with E-state index in [4.69, 9.17) is 0 Å². The second-order valence-corrected chi connectivity index (χ2v) is 5.13. The Bertz CT molecular complexity index is 656. The molecular weight excluding hydrogens is 316 g/mol. The topological polar surface area (TPSA) is 49.4 Å². The van der Waals surface area contributed by atoms with Crippen LogP contribution in [-0.2, 0) is 11.2 Å². The van der Waals surface area contributed by atoms with Gasteiger partial charge in [-0.15, -0.1) is 6.58 Å². The highest BCUT2D eigenvalue weighted by molar-refractivity contribution is 5.98. The zero-order chi connectivity index (χ0) is 17.2. The predicted molar refractivity (Wildman–Crippen MR) is 75.5 cm³/mol. The van der Waals surface area contributed by atoms with Crippen LogP contribution in [0.2, 0.25) is 0 Å². The summed E-state index contributed by atoms with van der Waals surface area (Å²) < 4.78 is 51.7. The molecule has 4 nitrogen and oxygen atoms in total. The molecule has 23 heavy (non-hydrogen) atoms. The molecule has 0 spiro atoms. The van der Waals surface area contributed by atoms with Crippen molar-refractivity contribution in [3.05, 3.63) is 41.7 Å². The summed E-state index contributed by atoms with van der Waals surface area (Å²) in [6.07, 6.45) is -2.99. The van der Waals surface area contributed by atoms with Gasteiger partial charge < -0.3 is 10.2 Å². The van der Waals surface area contributed by atoms with Gasteiger partial charge in [-0.25, -0.2) is 4.39 Å². The highest BCUT2D eigenvalue weighted by atomic mass is 19.4. The number of nitrogens with one attached hydrogen (secondary N) is 1. The van der Waals surface area contributed by atoms with E-state index in [0.717, 1.165) is 12.1 Å². The van der Waals surface area contributed by atoms with Gasteiger partial charge in [0.05, 0.1) is 5.56 Å². The van der Waals surface area contributed by atoms with Crippen molar-refractivity contribution in [3.8, 4) is 0 Å². The number of alkyl halides is 3. The lowest BCUT2D eigenvalue weighted by atomic mass is 9.99. The average Bonchev–Trinajstić information content (AvgIpc) is 2.44. The van der Waals surface area contributed by atoms with Crippen LogP contribution in [0.15, 0.2) is 24.8 Å². The van der Waals surface area contributed by atoms with E-state index in [2.05, 4.69) is 11.9 Å². The van der Waals surface area contributed by atoms with Gasteiger partial charge in [0, 0.05) is 18.7 Å². The number of carbonyl (C=O) groups is 2. The van der Waals surface area contributed by atoms with Crippen LogP contribution in [0.1, 0.15) is 22.3 Å². The first-order valence-corrected chi connectivity index (χ1v) is 6.80. The fourth-order valence-corrected chi connectivity index (χ4v) is 2.33. The van der Waals surface area contributed by atoms with Crippen molar-refractivity contribution in [2.45, 2.75) is 19.0 Å². The smallest absolute Gasteiger partial charge is 0.326 e. The van der Waals surface area contributed by atoms with Crippen molar-refractivity contribution in [3.63, 3.8) is 0 Å². The standard InChI is InChI=1S/C15H14F4N2O2/c1-2-5-21(8-15(17,18)19)14(23)10-6-9-3-4-13(22)20-12(9)7-11(10)16/h2,6-7H,1,3-5,8H2,(H,20,22). The molecule has 0 saturated heterocycles. The molecule has 2 rings (SSSR count). The Hall–Kier alpha value is -2.38. The summed E-state index contributed by atoms with van der Waals surface area (Å²) >= 11 is 0.